The zero-order chi connectivity index (χ0) is 16.9. The van der Waals surface area contributed by atoms with Crippen LogP contribution in [0.3, 0.4) is 0 Å². The monoisotopic (exact) mass is 318 g/mol. The van der Waals surface area contributed by atoms with E-state index < -0.39 is 0 Å². The van der Waals surface area contributed by atoms with Gasteiger partial charge in [-0.15, -0.1) is 0 Å². The van der Waals surface area contributed by atoms with Gasteiger partial charge in [0.1, 0.15) is 0 Å². The Morgan fingerprint density at radius 3 is 2.71 bits per heavy atom. The van der Waals surface area contributed by atoms with Gasteiger partial charge >= 0.3 is 0 Å². The van der Waals surface area contributed by atoms with Crippen molar-refractivity contribution in [1.29, 1.82) is 0 Å². The van der Waals surface area contributed by atoms with Crippen molar-refractivity contribution in [2.45, 2.75) is 33.1 Å². The van der Waals surface area contributed by atoms with Gasteiger partial charge in [-0.05, 0) is 43.0 Å². The molecular weight excluding hydrogens is 296 g/mol. The first-order chi connectivity index (χ1) is 11.7. The zero-order valence-electron chi connectivity index (χ0n) is 14.2. The fourth-order valence-electron chi connectivity index (χ4n) is 2.93. The van der Waals surface area contributed by atoms with Crippen LogP contribution in [0.4, 0.5) is 11.4 Å². The van der Waals surface area contributed by atoms with Crippen molar-refractivity contribution in [3.63, 3.8) is 0 Å². The van der Waals surface area contributed by atoms with Gasteiger partial charge in [0.25, 0.3) is 0 Å². The topological polar surface area (TPSA) is 42.0 Å². The van der Waals surface area contributed by atoms with Crippen molar-refractivity contribution in [2.75, 3.05) is 5.32 Å². The number of carbonyl (C=O) groups is 1. The highest BCUT2D eigenvalue weighted by molar-refractivity contribution is 6.02. The van der Waals surface area contributed by atoms with Gasteiger partial charge in [0, 0.05) is 22.8 Å². The molecule has 0 bridgehead atoms. The Kier molecular flexibility index (Phi) is 4.90. The van der Waals surface area contributed by atoms with Gasteiger partial charge < -0.3 is 5.32 Å². The number of hydrogen-bond donors (Lipinski definition) is 1. The van der Waals surface area contributed by atoms with E-state index in [4.69, 9.17) is 0 Å². The summed E-state index contributed by atoms with van der Waals surface area (Å²) >= 11 is 0. The van der Waals surface area contributed by atoms with Gasteiger partial charge in [-0.3, -0.25) is 9.78 Å². The van der Waals surface area contributed by atoms with E-state index in [9.17, 15) is 4.79 Å². The Bertz CT molecular complexity index is 871. The van der Waals surface area contributed by atoms with Crippen molar-refractivity contribution >= 4 is 28.6 Å². The van der Waals surface area contributed by atoms with Crippen molar-refractivity contribution < 1.29 is 4.79 Å². The lowest BCUT2D eigenvalue weighted by Gasteiger charge is -2.16. The van der Waals surface area contributed by atoms with Crippen LogP contribution in [0.2, 0.25) is 0 Å². The molecule has 0 radical (unpaired) electrons. The third kappa shape index (κ3) is 3.16. The van der Waals surface area contributed by atoms with Gasteiger partial charge in [-0.2, -0.15) is 0 Å². The molecule has 0 amide bonds. The van der Waals surface area contributed by atoms with Crippen molar-refractivity contribution in [3.05, 3.63) is 65.4 Å². The van der Waals surface area contributed by atoms with E-state index in [1.807, 2.05) is 36.5 Å². The zero-order valence-corrected chi connectivity index (χ0v) is 14.2. The maximum Gasteiger partial charge on any atom is 0.152 e. The van der Waals surface area contributed by atoms with Gasteiger partial charge in [-0.25, -0.2) is 0 Å². The molecule has 3 aromatic rings. The Labute approximate surface area is 142 Å². The number of pyridine rings is 1. The Morgan fingerprint density at radius 1 is 1.12 bits per heavy atom. The van der Waals surface area contributed by atoms with E-state index in [0.717, 1.165) is 47.8 Å². The molecule has 2 aromatic carbocycles. The summed E-state index contributed by atoms with van der Waals surface area (Å²) in [5.74, 6) is 0. The lowest BCUT2D eigenvalue weighted by molar-refractivity contribution is 0.112. The van der Waals surface area contributed by atoms with Crippen molar-refractivity contribution in [2.24, 2.45) is 0 Å². The third-order valence-electron chi connectivity index (χ3n) is 4.34. The van der Waals surface area contributed by atoms with Crippen LogP contribution in [0, 0.1) is 6.92 Å². The predicted octanol–water partition coefficient (Wildman–Crippen LogP) is 5.44. The molecule has 1 N–H and O–H groups in total. The average Bonchev–Trinajstić information content (AvgIpc) is 2.62. The lowest BCUT2D eigenvalue weighted by Crippen LogP contribution is -2.01. The number of nitrogens with one attached hydrogen (secondary N) is 1. The maximum atomic E-state index is 11.3. The van der Waals surface area contributed by atoms with Crippen LogP contribution in [0.15, 0.2) is 48.7 Å². The molecule has 0 spiro atoms. The number of rotatable bonds is 6. The smallest absolute Gasteiger partial charge is 0.152 e. The minimum absolute atomic E-state index is 0.627. The second kappa shape index (κ2) is 7.26. The third-order valence-corrected chi connectivity index (χ3v) is 4.34. The van der Waals surface area contributed by atoms with Crippen LogP contribution in [0.5, 0.6) is 0 Å². The average molecular weight is 318 g/mol. The minimum atomic E-state index is 0.627. The van der Waals surface area contributed by atoms with E-state index in [2.05, 4.69) is 36.3 Å². The van der Waals surface area contributed by atoms with E-state index in [1.165, 1.54) is 11.1 Å². The molecule has 0 unspecified atom stereocenters. The van der Waals surface area contributed by atoms with Crippen molar-refractivity contribution in [3.8, 4) is 0 Å². The van der Waals surface area contributed by atoms with Gasteiger partial charge in [0.2, 0.25) is 0 Å². The predicted molar refractivity (Wildman–Crippen MR) is 100 cm³/mol. The first-order valence-electron chi connectivity index (χ1n) is 8.43. The SMILES string of the molecule is CCCCc1cnc2c(C=O)cccc2c1Nc1ccccc1C. The second-order valence-electron chi connectivity index (χ2n) is 6.06. The lowest BCUT2D eigenvalue weighted by atomic mass is 10.0. The standard InChI is InChI=1S/C21H22N2O/c1-3-4-9-16-13-22-20-17(14-24)10-7-11-18(20)21(16)23-19-12-6-5-8-15(19)2/h5-8,10-14H,3-4,9H2,1-2H3,(H,22,23). The number of hydrogen-bond acceptors (Lipinski definition) is 3. The summed E-state index contributed by atoms with van der Waals surface area (Å²) in [7, 11) is 0. The maximum absolute atomic E-state index is 11.3. The second-order valence-corrected chi connectivity index (χ2v) is 6.06. The van der Waals surface area contributed by atoms with E-state index in [-0.39, 0.29) is 0 Å². The summed E-state index contributed by atoms with van der Waals surface area (Å²) in [6.07, 6.45) is 6.00. The Hall–Kier alpha value is -2.68. The number of carbonyl (C=O) groups excluding carboxylic acids is 1. The first kappa shape index (κ1) is 16.2. The molecule has 1 aromatic heterocycles. The number of nitrogens with zero attached hydrogens (tertiary/aromatic N) is 1. The van der Waals surface area contributed by atoms with Gasteiger partial charge in [0.15, 0.2) is 6.29 Å². The molecule has 122 valence electrons. The first-order valence-corrected chi connectivity index (χ1v) is 8.43. The van der Waals surface area contributed by atoms with Crippen LogP contribution in [0.25, 0.3) is 10.9 Å². The highest BCUT2D eigenvalue weighted by Crippen LogP contribution is 2.32. The summed E-state index contributed by atoms with van der Waals surface area (Å²) in [5, 5.41) is 4.58. The number of unbranched alkanes of at least 4 members (excludes halogenated alkanes) is 1. The van der Waals surface area contributed by atoms with Crippen LogP contribution < -0.4 is 5.32 Å². The largest absolute Gasteiger partial charge is 0.354 e. The molecule has 3 heteroatoms. The molecular formula is C21H22N2O. The summed E-state index contributed by atoms with van der Waals surface area (Å²) < 4.78 is 0. The number of aldehydes is 1. The van der Waals surface area contributed by atoms with Crippen LogP contribution in [-0.4, -0.2) is 11.3 Å². The highest BCUT2D eigenvalue weighted by atomic mass is 16.1. The minimum Gasteiger partial charge on any atom is -0.354 e. The number of fused-ring (bicyclic) bond motifs is 1. The number of aryl methyl sites for hydroxylation is 2. The fourth-order valence-corrected chi connectivity index (χ4v) is 2.93. The fraction of sp³-hybridized carbons (Fsp3) is 0.238. The summed E-state index contributed by atoms with van der Waals surface area (Å²) in [4.78, 5) is 15.9. The molecule has 0 fully saturated rings. The van der Waals surface area contributed by atoms with Crippen LogP contribution >= 0.6 is 0 Å². The summed E-state index contributed by atoms with van der Waals surface area (Å²) in [6, 6.07) is 14.0. The molecule has 0 aliphatic heterocycles. The highest BCUT2D eigenvalue weighted by Gasteiger charge is 2.12. The van der Waals surface area contributed by atoms with Gasteiger partial charge in [0.05, 0.1) is 11.2 Å². The molecule has 24 heavy (non-hydrogen) atoms. The molecule has 0 saturated carbocycles. The molecule has 0 aliphatic rings. The molecule has 0 saturated heterocycles. The van der Waals surface area contributed by atoms with Crippen LogP contribution in [0.1, 0.15) is 41.3 Å². The quantitative estimate of drug-likeness (QED) is 0.615. The van der Waals surface area contributed by atoms with Crippen LogP contribution in [-0.2, 0) is 6.42 Å². The molecule has 0 atom stereocenters. The molecule has 3 nitrogen and oxygen atoms in total. The van der Waals surface area contributed by atoms with Gasteiger partial charge in [-0.1, -0.05) is 43.7 Å². The van der Waals surface area contributed by atoms with E-state index in [0.29, 0.717) is 5.56 Å². The molecule has 1 heterocycles. The summed E-state index contributed by atoms with van der Waals surface area (Å²) in [6.45, 7) is 4.28. The molecule has 0 aliphatic carbocycles. The Balaban J connectivity index is 2.17. The normalized spacial score (nSPS) is 10.8. The number of aromatic nitrogens is 1. The van der Waals surface area contributed by atoms with E-state index >= 15 is 0 Å². The number of anilines is 2. The Morgan fingerprint density at radius 2 is 1.96 bits per heavy atom. The summed E-state index contributed by atoms with van der Waals surface area (Å²) in [5.41, 5.74) is 5.91. The van der Waals surface area contributed by atoms with Crippen molar-refractivity contribution in [1.82, 2.24) is 4.98 Å². The number of para-hydroxylation sites is 2. The van der Waals surface area contributed by atoms with E-state index in [1.54, 1.807) is 0 Å². The molecule has 3 rings (SSSR count). The number of benzene rings is 2.